The molecule has 2 aromatic rings. The van der Waals surface area contributed by atoms with Gasteiger partial charge in [0.25, 0.3) is 0 Å². The van der Waals surface area contributed by atoms with E-state index in [0.717, 1.165) is 43.9 Å². The van der Waals surface area contributed by atoms with Gasteiger partial charge in [0.15, 0.2) is 11.6 Å². The van der Waals surface area contributed by atoms with Gasteiger partial charge in [-0.15, -0.1) is 0 Å². The van der Waals surface area contributed by atoms with Crippen molar-refractivity contribution in [3.05, 3.63) is 56.7 Å². The highest BCUT2D eigenvalue weighted by Crippen LogP contribution is 2.24. The molecule has 0 amide bonds. The summed E-state index contributed by atoms with van der Waals surface area (Å²) in [4.78, 5) is 15.0. The van der Waals surface area contributed by atoms with E-state index >= 15 is 0 Å². The minimum absolute atomic E-state index is 0.190. The smallest absolute Gasteiger partial charge is 0.324 e. The van der Waals surface area contributed by atoms with Gasteiger partial charge in [-0.2, -0.15) is 0 Å². The zero-order chi connectivity index (χ0) is 17.8. The van der Waals surface area contributed by atoms with Gasteiger partial charge in [-0.05, 0) is 23.3 Å². The zero-order valence-corrected chi connectivity index (χ0v) is 14.8. The molecular weight excluding hydrogens is 345 g/mol. The molecular formula is C17H20FN3O3S. The van der Waals surface area contributed by atoms with Gasteiger partial charge in [0, 0.05) is 50.7 Å². The average Bonchev–Trinajstić information content (AvgIpc) is 3.06. The van der Waals surface area contributed by atoms with Gasteiger partial charge in [-0.25, -0.2) is 4.39 Å². The third-order valence-electron chi connectivity index (χ3n) is 4.31. The largest absolute Gasteiger partial charge is 0.494 e. The van der Waals surface area contributed by atoms with Crippen LogP contribution in [0.5, 0.6) is 5.75 Å². The topological polar surface area (TPSA) is 58.8 Å². The lowest BCUT2D eigenvalue weighted by molar-refractivity contribution is -0.380. The lowest BCUT2D eigenvalue weighted by Crippen LogP contribution is -2.45. The maximum absolute atomic E-state index is 13.8. The number of nitrogens with zero attached hydrogens (tertiary/aromatic N) is 3. The van der Waals surface area contributed by atoms with Gasteiger partial charge in [0.1, 0.15) is 0 Å². The second-order valence-corrected chi connectivity index (χ2v) is 6.96. The molecule has 6 nitrogen and oxygen atoms in total. The van der Waals surface area contributed by atoms with E-state index in [9.17, 15) is 14.5 Å². The first kappa shape index (κ1) is 17.8. The summed E-state index contributed by atoms with van der Waals surface area (Å²) < 4.78 is 18.7. The highest BCUT2D eigenvalue weighted by molar-refractivity contribution is 7.13. The first-order valence-electron chi connectivity index (χ1n) is 8.04. The summed E-state index contributed by atoms with van der Waals surface area (Å²) >= 11 is 1.17. The number of ether oxygens (including phenoxy) is 1. The Morgan fingerprint density at radius 3 is 2.32 bits per heavy atom. The Bertz CT molecular complexity index is 744. The van der Waals surface area contributed by atoms with Crippen LogP contribution >= 0.6 is 11.3 Å². The second-order valence-electron chi connectivity index (χ2n) is 6.07. The van der Waals surface area contributed by atoms with Gasteiger partial charge < -0.3 is 4.74 Å². The second kappa shape index (κ2) is 7.90. The number of thiophene rings is 1. The summed E-state index contributed by atoms with van der Waals surface area (Å²) in [6.45, 7) is 5.00. The number of halogens is 1. The Hall–Kier alpha value is -2.03. The van der Waals surface area contributed by atoms with Crippen LogP contribution in [0.3, 0.4) is 0 Å². The Morgan fingerprint density at radius 1 is 1.16 bits per heavy atom. The zero-order valence-electron chi connectivity index (χ0n) is 14.0. The van der Waals surface area contributed by atoms with Crippen LogP contribution in [0.25, 0.3) is 0 Å². The van der Waals surface area contributed by atoms with Crippen LogP contribution in [0.2, 0.25) is 0 Å². The van der Waals surface area contributed by atoms with Crippen LogP contribution in [0, 0.1) is 15.9 Å². The Morgan fingerprint density at radius 2 is 1.80 bits per heavy atom. The number of benzene rings is 1. The Kier molecular flexibility index (Phi) is 5.62. The van der Waals surface area contributed by atoms with Gasteiger partial charge in [0.05, 0.1) is 12.0 Å². The molecule has 25 heavy (non-hydrogen) atoms. The molecule has 0 saturated carbocycles. The summed E-state index contributed by atoms with van der Waals surface area (Å²) in [6.07, 6.45) is 0. The van der Waals surface area contributed by atoms with Crippen molar-refractivity contribution in [1.29, 1.82) is 0 Å². The van der Waals surface area contributed by atoms with Crippen LogP contribution in [0.15, 0.2) is 29.6 Å². The van der Waals surface area contributed by atoms with Gasteiger partial charge >= 0.3 is 5.00 Å². The lowest BCUT2D eigenvalue weighted by atomic mass is 10.1. The van der Waals surface area contributed by atoms with E-state index in [0.29, 0.717) is 6.54 Å². The number of methoxy groups -OCH3 is 1. The van der Waals surface area contributed by atoms with Crippen LogP contribution in [-0.2, 0) is 13.1 Å². The van der Waals surface area contributed by atoms with E-state index in [1.165, 1.54) is 24.5 Å². The van der Waals surface area contributed by atoms with Gasteiger partial charge in [-0.1, -0.05) is 17.4 Å². The number of rotatable bonds is 6. The fraction of sp³-hybridized carbons (Fsp3) is 0.412. The molecule has 0 bridgehead atoms. The van der Waals surface area contributed by atoms with Crippen molar-refractivity contribution >= 4 is 16.3 Å². The van der Waals surface area contributed by atoms with E-state index < -0.39 is 0 Å². The van der Waals surface area contributed by atoms with Crippen molar-refractivity contribution in [2.24, 2.45) is 0 Å². The van der Waals surface area contributed by atoms with E-state index in [2.05, 4.69) is 9.80 Å². The molecule has 134 valence electrons. The molecule has 0 N–H and O–H groups in total. The molecule has 1 fully saturated rings. The predicted octanol–water partition coefficient (Wildman–Crippen LogP) is 3.12. The van der Waals surface area contributed by atoms with Crippen molar-refractivity contribution < 1.29 is 14.1 Å². The molecule has 0 unspecified atom stereocenters. The fourth-order valence-electron chi connectivity index (χ4n) is 2.97. The van der Waals surface area contributed by atoms with Crippen molar-refractivity contribution in [3.63, 3.8) is 0 Å². The van der Waals surface area contributed by atoms with E-state index in [1.807, 2.05) is 11.4 Å². The normalized spacial score (nSPS) is 16.1. The third kappa shape index (κ3) is 4.53. The van der Waals surface area contributed by atoms with Crippen LogP contribution in [0.1, 0.15) is 11.1 Å². The van der Waals surface area contributed by atoms with Crippen molar-refractivity contribution in [3.8, 4) is 5.75 Å². The molecule has 1 aliphatic rings. The highest BCUT2D eigenvalue weighted by atomic mass is 32.1. The standard InChI is InChI=1S/C17H20FN3O3S/c1-24-16-3-2-13(8-15(16)18)10-19-4-6-20(7-5-19)11-14-9-17(21(22)23)25-12-14/h2-3,8-9,12H,4-7,10-11H2,1H3. The average molecular weight is 365 g/mol. The minimum atomic E-state index is -0.347. The Labute approximate surface area is 149 Å². The summed E-state index contributed by atoms with van der Waals surface area (Å²) in [6, 6.07) is 6.72. The Balaban J connectivity index is 1.49. The maximum Gasteiger partial charge on any atom is 0.324 e. The predicted molar refractivity (Wildman–Crippen MR) is 94.5 cm³/mol. The molecule has 0 atom stereocenters. The molecule has 0 aliphatic carbocycles. The van der Waals surface area contributed by atoms with Gasteiger partial charge in [-0.3, -0.25) is 19.9 Å². The number of nitro groups is 1. The minimum Gasteiger partial charge on any atom is -0.494 e. The monoisotopic (exact) mass is 365 g/mol. The maximum atomic E-state index is 13.8. The lowest BCUT2D eigenvalue weighted by Gasteiger charge is -2.34. The molecule has 8 heteroatoms. The fourth-order valence-corrected chi connectivity index (χ4v) is 3.69. The molecule has 1 aromatic heterocycles. The molecule has 0 spiro atoms. The molecule has 3 rings (SSSR count). The highest BCUT2D eigenvalue weighted by Gasteiger charge is 2.19. The SMILES string of the molecule is COc1ccc(CN2CCN(Cc3csc([N+](=O)[O-])c3)CC2)cc1F. The first-order valence-corrected chi connectivity index (χ1v) is 8.92. The molecule has 0 radical (unpaired) electrons. The number of hydrogen-bond acceptors (Lipinski definition) is 6. The third-order valence-corrected chi connectivity index (χ3v) is 5.24. The van der Waals surface area contributed by atoms with Crippen molar-refractivity contribution in [2.75, 3.05) is 33.3 Å². The van der Waals surface area contributed by atoms with Gasteiger partial charge in [0.2, 0.25) is 0 Å². The van der Waals surface area contributed by atoms with Crippen LogP contribution < -0.4 is 4.74 Å². The van der Waals surface area contributed by atoms with E-state index in [4.69, 9.17) is 4.74 Å². The quantitative estimate of drug-likeness (QED) is 0.581. The van der Waals surface area contributed by atoms with E-state index in [1.54, 1.807) is 12.1 Å². The molecule has 1 aromatic carbocycles. The summed E-state index contributed by atoms with van der Waals surface area (Å²) in [5.41, 5.74) is 1.92. The van der Waals surface area contributed by atoms with Crippen molar-refractivity contribution in [1.82, 2.24) is 9.80 Å². The molecule has 2 heterocycles. The summed E-state index contributed by atoms with van der Waals surface area (Å²) in [5, 5.41) is 12.8. The summed E-state index contributed by atoms with van der Waals surface area (Å²) in [7, 11) is 1.46. The molecule has 1 aliphatic heterocycles. The van der Waals surface area contributed by atoms with Crippen LogP contribution in [-0.4, -0.2) is 48.0 Å². The van der Waals surface area contributed by atoms with E-state index in [-0.39, 0.29) is 21.5 Å². The first-order chi connectivity index (χ1) is 12.0. The number of hydrogen-bond donors (Lipinski definition) is 0. The summed E-state index contributed by atoms with van der Waals surface area (Å²) in [5.74, 6) is -0.0730. The molecule has 1 saturated heterocycles. The number of piperazine rings is 1. The van der Waals surface area contributed by atoms with Crippen molar-refractivity contribution in [2.45, 2.75) is 13.1 Å². The van der Waals surface area contributed by atoms with Crippen LogP contribution in [0.4, 0.5) is 9.39 Å².